The van der Waals surface area contributed by atoms with Gasteiger partial charge in [0, 0.05) is 5.56 Å². The van der Waals surface area contributed by atoms with Crippen LogP contribution in [0.25, 0.3) is 10.8 Å². The summed E-state index contributed by atoms with van der Waals surface area (Å²) in [4.78, 5) is 0. The average Bonchev–Trinajstić information content (AvgIpc) is 2.26. The summed E-state index contributed by atoms with van der Waals surface area (Å²) in [6, 6.07) is 11.9. The molecule has 4 nitrogen and oxygen atoms in total. The summed E-state index contributed by atoms with van der Waals surface area (Å²) in [6.45, 7) is 0. The van der Waals surface area contributed by atoms with Gasteiger partial charge < -0.3 is 5.11 Å². The minimum atomic E-state index is -4.49. The van der Waals surface area contributed by atoms with Gasteiger partial charge in [0.15, 0.2) is 0 Å². The van der Waals surface area contributed by atoms with Gasteiger partial charge in [0.2, 0.25) is 5.44 Å². The predicted molar refractivity (Wildman–Crippen MR) is 60.5 cm³/mol. The fraction of sp³-hybridized carbons (Fsp3) is 0.0909. The van der Waals surface area contributed by atoms with Crippen LogP contribution in [0.4, 0.5) is 0 Å². The Balaban J connectivity index is 2.70. The Hall–Kier alpha value is -1.43. The van der Waals surface area contributed by atoms with Gasteiger partial charge in [-0.1, -0.05) is 42.5 Å². The molecule has 84 valence electrons. The minimum Gasteiger partial charge on any atom is -0.371 e. The molecule has 2 aromatic rings. The van der Waals surface area contributed by atoms with Gasteiger partial charge in [0.05, 0.1) is 0 Å². The van der Waals surface area contributed by atoms with E-state index in [1.807, 2.05) is 6.07 Å². The van der Waals surface area contributed by atoms with E-state index in [0.29, 0.717) is 5.39 Å². The molecule has 0 spiro atoms. The van der Waals surface area contributed by atoms with Crippen molar-refractivity contribution in [1.82, 2.24) is 0 Å². The van der Waals surface area contributed by atoms with Crippen molar-refractivity contribution in [3.63, 3.8) is 0 Å². The number of benzene rings is 2. The molecule has 0 saturated carbocycles. The summed E-state index contributed by atoms with van der Waals surface area (Å²) in [5.74, 6) is 0. The first kappa shape index (κ1) is 11.1. The molecule has 5 heteroatoms. The smallest absolute Gasteiger partial charge is 0.296 e. The molecule has 16 heavy (non-hydrogen) atoms. The third-order valence-corrected chi connectivity index (χ3v) is 3.19. The van der Waals surface area contributed by atoms with E-state index in [1.165, 1.54) is 6.07 Å². The van der Waals surface area contributed by atoms with E-state index in [0.717, 1.165) is 5.39 Å². The molecule has 0 radical (unpaired) electrons. The number of aliphatic hydroxyl groups is 1. The number of aliphatic hydroxyl groups excluding tert-OH is 1. The second-order valence-corrected chi connectivity index (χ2v) is 4.91. The van der Waals surface area contributed by atoms with E-state index in [9.17, 15) is 13.5 Å². The third kappa shape index (κ3) is 1.92. The summed E-state index contributed by atoms with van der Waals surface area (Å²) in [7, 11) is -4.49. The maximum absolute atomic E-state index is 10.9. The Kier molecular flexibility index (Phi) is 2.67. The molecule has 0 aromatic heterocycles. The summed E-state index contributed by atoms with van der Waals surface area (Å²) in [5, 5.41) is 10.9. The van der Waals surface area contributed by atoms with Crippen LogP contribution in [0.5, 0.6) is 0 Å². The van der Waals surface area contributed by atoms with Crippen LogP contribution in [0.1, 0.15) is 11.0 Å². The molecule has 2 aromatic carbocycles. The molecule has 1 atom stereocenters. The molecule has 0 fully saturated rings. The third-order valence-electron chi connectivity index (χ3n) is 2.37. The lowest BCUT2D eigenvalue weighted by Gasteiger charge is -2.10. The Morgan fingerprint density at radius 2 is 1.62 bits per heavy atom. The molecule has 0 bridgehead atoms. The normalized spacial score (nSPS) is 13.9. The molecule has 0 heterocycles. The standard InChI is InChI=1S/C11H10O4S/c12-11(16(13,14)15)10-7-3-5-8-4-1-2-6-9(8)10/h1-7,11-12H,(H,13,14,15)/t11-/m0/s1. The summed E-state index contributed by atoms with van der Waals surface area (Å²) in [6.07, 6.45) is 0. The highest BCUT2D eigenvalue weighted by Crippen LogP contribution is 2.26. The second-order valence-electron chi connectivity index (χ2n) is 3.44. The molecule has 0 aliphatic heterocycles. The van der Waals surface area contributed by atoms with E-state index >= 15 is 0 Å². The second kappa shape index (κ2) is 3.86. The van der Waals surface area contributed by atoms with Crippen molar-refractivity contribution in [2.45, 2.75) is 5.44 Å². The van der Waals surface area contributed by atoms with Crippen molar-refractivity contribution in [3.05, 3.63) is 48.0 Å². The van der Waals surface area contributed by atoms with Crippen LogP contribution >= 0.6 is 0 Å². The van der Waals surface area contributed by atoms with Crippen LogP contribution in [0, 0.1) is 0 Å². The van der Waals surface area contributed by atoms with E-state index < -0.39 is 15.6 Å². The van der Waals surface area contributed by atoms with Gasteiger partial charge in [-0.2, -0.15) is 8.42 Å². The zero-order valence-electron chi connectivity index (χ0n) is 8.24. The van der Waals surface area contributed by atoms with Gasteiger partial charge in [-0.25, -0.2) is 0 Å². The lowest BCUT2D eigenvalue weighted by Crippen LogP contribution is -2.11. The number of hydrogen-bond acceptors (Lipinski definition) is 3. The van der Waals surface area contributed by atoms with Gasteiger partial charge in [0.25, 0.3) is 10.1 Å². The fourth-order valence-corrected chi connectivity index (χ4v) is 2.15. The summed E-state index contributed by atoms with van der Waals surface area (Å²) < 4.78 is 30.6. The molecule has 2 rings (SSSR count). The van der Waals surface area contributed by atoms with Gasteiger partial charge in [-0.3, -0.25) is 4.55 Å². The molecule has 0 amide bonds. The van der Waals surface area contributed by atoms with Crippen molar-refractivity contribution in [2.75, 3.05) is 0 Å². The highest BCUT2D eigenvalue weighted by Gasteiger charge is 2.23. The Morgan fingerprint density at radius 3 is 2.31 bits per heavy atom. The van der Waals surface area contributed by atoms with E-state index in [4.69, 9.17) is 4.55 Å². The lowest BCUT2D eigenvalue weighted by molar-refractivity contribution is 0.240. The highest BCUT2D eigenvalue weighted by molar-refractivity contribution is 7.85. The molecular formula is C11H10O4S. The van der Waals surface area contributed by atoms with Gasteiger partial charge in [-0.05, 0) is 10.8 Å². The van der Waals surface area contributed by atoms with Gasteiger partial charge in [0.1, 0.15) is 0 Å². The lowest BCUT2D eigenvalue weighted by atomic mass is 10.1. The van der Waals surface area contributed by atoms with Crippen LogP contribution < -0.4 is 0 Å². The van der Waals surface area contributed by atoms with Gasteiger partial charge >= 0.3 is 0 Å². The largest absolute Gasteiger partial charge is 0.371 e. The van der Waals surface area contributed by atoms with Crippen LogP contribution in [0.3, 0.4) is 0 Å². The first-order chi connectivity index (χ1) is 7.50. The van der Waals surface area contributed by atoms with Crippen LogP contribution in [0.2, 0.25) is 0 Å². The zero-order valence-corrected chi connectivity index (χ0v) is 9.05. The molecule has 0 aliphatic rings. The molecule has 0 saturated heterocycles. The first-order valence-electron chi connectivity index (χ1n) is 4.62. The molecular weight excluding hydrogens is 228 g/mol. The first-order valence-corrected chi connectivity index (χ1v) is 6.12. The van der Waals surface area contributed by atoms with Crippen LogP contribution in [0.15, 0.2) is 42.5 Å². The molecule has 0 aliphatic carbocycles. The van der Waals surface area contributed by atoms with Crippen molar-refractivity contribution in [1.29, 1.82) is 0 Å². The fourth-order valence-electron chi connectivity index (χ4n) is 1.63. The van der Waals surface area contributed by atoms with Crippen molar-refractivity contribution >= 4 is 20.9 Å². The highest BCUT2D eigenvalue weighted by atomic mass is 32.2. The maximum atomic E-state index is 10.9. The number of hydrogen-bond donors (Lipinski definition) is 2. The summed E-state index contributed by atoms with van der Waals surface area (Å²) in [5.41, 5.74) is -1.72. The minimum absolute atomic E-state index is 0.181. The van der Waals surface area contributed by atoms with Gasteiger partial charge in [-0.15, -0.1) is 0 Å². The predicted octanol–water partition coefficient (Wildman–Crippen LogP) is 1.72. The van der Waals surface area contributed by atoms with Crippen LogP contribution in [-0.2, 0) is 10.1 Å². The van der Waals surface area contributed by atoms with E-state index in [2.05, 4.69) is 0 Å². The quantitative estimate of drug-likeness (QED) is 0.781. The van der Waals surface area contributed by atoms with Crippen molar-refractivity contribution in [2.24, 2.45) is 0 Å². The topological polar surface area (TPSA) is 74.6 Å². The zero-order chi connectivity index (χ0) is 11.8. The Labute approximate surface area is 92.9 Å². The number of rotatable bonds is 2. The Morgan fingerprint density at radius 1 is 1.00 bits per heavy atom. The summed E-state index contributed by atoms with van der Waals surface area (Å²) >= 11 is 0. The maximum Gasteiger partial charge on any atom is 0.296 e. The van der Waals surface area contributed by atoms with Crippen molar-refractivity contribution in [3.8, 4) is 0 Å². The average molecular weight is 238 g/mol. The number of fused-ring (bicyclic) bond motifs is 1. The SMILES string of the molecule is O=S(=O)(O)[C@H](O)c1cccc2ccccc12. The van der Waals surface area contributed by atoms with Crippen molar-refractivity contribution < 1.29 is 18.1 Å². The van der Waals surface area contributed by atoms with Crippen LogP contribution in [-0.4, -0.2) is 18.1 Å². The van der Waals surface area contributed by atoms with E-state index in [1.54, 1.807) is 30.3 Å². The Bertz CT molecular complexity index is 613. The monoisotopic (exact) mass is 238 g/mol. The molecule has 0 unspecified atom stereocenters. The molecule has 2 N–H and O–H groups in total. The van der Waals surface area contributed by atoms with E-state index in [-0.39, 0.29) is 5.56 Å².